The van der Waals surface area contributed by atoms with Crippen molar-refractivity contribution >= 4 is 14.5 Å². The van der Waals surface area contributed by atoms with Crippen molar-refractivity contribution in [2.75, 3.05) is 0 Å². The minimum absolute atomic E-state index is 0. The molecule has 0 saturated carbocycles. The molecule has 0 radical (unpaired) electrons. The molecular formula is H3ArAsO4. The molecule has 0 fully saturated rings. The second kappa shape index (κ2) is 3.49. The van der Waals surface area contributed by atoms with Crippen LogP contribution in [0.5, 0.6) is 0 Å². The van der Waals surface area contributed by atoms with E-state index in [1.807, 2.05) is 0 Å². The molecule has 0 atom stereocenters. The maximum Gasteiger partial charge on any atom is 0 e. The van der Waals surface area contributed by atoms with Gasteiger partial charge in [-0.1, -0.05) is 0 Å². The van der Waals surface area contributed by atoms with Gasteiger partial charge in [-0.3, -0.25) is 0 Å². The van der Waals surface area contributed by atoms with Gasteiger partial charge in [0, 0.05) is 37.7 Å². The van der Waals surface area contributed by atoms with Crippen LogP contribution in [0.1, 0.15) is 0 Å². The Morgan fingerprint density at radius 1 is 1.17 bits per heavy atom. The fourth-order valence-electron chi connectivity index (χ4n) is 0. The van der Waals surface area contributed by atoms with Crippen molar-refractivity contribution in [2.45, 2.75) is 0 Å². The molecule has 6 heavy (non-hydrogen) atoms. The molecule has 0 bridgehead atoms. The van der Waals surface area contributed by atoms with Crippen molar-refractivity contribution in [1.82, 2.24) is 0 Å². The summed E-state index contributed by atoms with van der Waals surface area (Å²) >= 11 is -5.12. The summed E-state index contributed by atoms with van der Waals surface area (Å²) in [6.45, 7) is 0. The predicted molar refractivity (Wildman–Crippen MR) is 13.1 cm³/mol. The number of hydrogen-bond donors (Lipinski definition) is 3. The van der Waals surface area contributed by atoms with Crippen molar-refractivity contribution in [3.05, 3.63) is 0 Å². The van der Waals surface area contributed by atoms with Crippen molar-refractivity contribution in [3.8, 4) is 0 Å². The van der Waals surface area contributed by atoms with Crippen LogP contribution in [-0.4, -0.2) is 26.8 Å². The topological polar surface area (TPSA) is 77.8 Å². The van der Waals surface area contributed by atoms with Crippen LogP contribution in [-0.2, 0) is 3.74 Å². The molecule has 6 heteroatoms. The van der Waals surface area contributed by atoms with Crippen molar-refractivity contribution < 1.29 is 53.8 Å². The summed E-state index contributed by atoms with van der Waals surface area (Å²) in [6.07, 6.45) is 0. The maximum atomic E-state index is 8.94. The molecule has 0 rings (SSSR count). The van der Waals surface area contributed by atoms with Crippen LogP contribution in [0.2, 0.25) is 0 Å². The van der Waals surface area contributed by atoms with Gasteiger partial charge in [-0.25, -0.2) is 0 Å². The van der Waals surface area contributed by atoms with Crippen molar-refractivity contribution in [3.63, 3.8) is 0 Å². The third-order valence-electron chi connectivity index (χ3n) is 0. The predicted octanol–water partition coefficient (Wildman–Crippen LogP) is -2.17. The fourth-order valence-corrected chi connectivity index (χ4v) is 0. The molecule has 40 valence electrons. The summed E-state index contributed by atoms with van der Waals surface area (Å²) in [5.41, 5.74) is 0. The molecule has 0 aliphatic carbocycles. The van der Waals surface area contributed by atoms with E-state index in [0.29, 0.717) is 0 Å². The van der Waals surface area contributed by atoms with Gasteiger partial charge in [0.25, 0.3) is 0 Å². The third kappa shape index (κ3) is 49.6. The Labute approximate surface area is 67.5 Å². The van der Waals surface area contributed by atoms with Crippen LogP contribution >= 0.6 is 0 Å². The molecule has 0 aromatic carbocycles. The summed E-state index contributed by atoms with van der Waals surface area (Å²) in [5, 5.41) is 0. The summed E-state index contributed by atoms with van der Waals surface area (Å²) in [7, 11) is 0. The van der Waals surface area contributed by atoms with Crippen molar-refractivity contribution in [1.29, 1.82) is 0 Å². The molecule has 0 unspecified atom stereocenters. The van der Waals surface area contributed by atoms with E-state index >= 15 is 0 Å². The van der Waals surface area contributed by atoms with Crippen LogP contribution in [0.4, 0.5) is 0 Å². The largest absolute Gasteiger partial charge is 0 e. The molecule has 0 amide bonds. The van der Waals surface area contributed by atoms with E-state index < -0.39 is 14.5 Å². The zero-order valence-corrected chi connectivity index (χ0v) is 5.13. The summed E-state index contributed by atoms with van der Waals surface area (Å²) in [6, 6.07) is 0. The average molecular weight is 182 g/mol. The Morgan fingerprint density at radius 2 is 1.17 bits per heavy atom. The molecule has 4 nitrogen and oxygen atoms in total. The van der Waals surface area contributed by atoms with Crippen LogP contribution in [0, 0.1) is 37.7 Å². The maximum absolute atomic E-state index is 8.94. The Kier molecular flexibility index (Phi) is 6.10. The SMILES string of the molecule is O=[As](O)(O)O.[Ar]. The van der Waals surface area contributed by atoms with Gasteiger partial charge in [0.15, 0.2) is 0 Å². The van der Waals surface area contributed by atoms with Gasteiger partial charge in [-0.2, -0.15) is 0 Å². The first-order valence-corrected chi connectivity index (χ1v) is 4.07. The minimum atomic E-state index is -5.12. The molecule has 0 saturated heterocycles. The average Bonchev–Trinajstić information content (AvgIpc) is 0.722. The van der Waals surface area contributed by atoms with E-state index in [1.54, 1.807) is 0 Å². The quantitative estimate of drug-likeness (QED) is 0.372. The van der Waals surface area contributed by atoms with Gasteiger partial charge >= 0.3 is 30.5 Å². The monoisotopic (exact) mass is 182 g/mol. The van der Waals surface area contributed by atoms with Gasteiger partial charge in [0.2, 0.25) is 0 Å². The Balaban J connectivity index is 0. The molecule has 3 N–H and O–H groups in total. The van der Waals surface area contributed by atoms with Crippen molar-refractivity contribution in [2.24, 2.45) is 0 Å². The fraction of sp³-hybridized carbons (Fsp3) is 0. The Hall–Kier alpha value is 1.50. The molecular weight excluding hydrogens is 179 g/mol. The second-order valence-corrected chi connectivity index (χ2v) is 2.67. The third-order valence-corrected chi connectivity index (χ3v) is 0. The molecule has 0 aliphatic rings. The normalized spacial score (nSPS) is 9.83. The van der Waals surface area contributed by atoms with Crippen LogP contribution in [0.3, 0.4) is 0 Å². The van der Waals surface area contributed by atoms with Crippen LogP contribution in [0.25, 0.3) is 0 Å². The molecule has 0 aromatic rings. The van der Waals surface area contributed by atoms with E-state index in [9.17, 15) is 0 Å². The van der Waals surface area contributed by atoms with Crippen LogP contribution < -0.4 is 0 Å². The van der Waals surface area contributed by atoms with Gasteiger partial charge in [0.05, 0.1) is 0 Å². The van der Waals surface area contributed by atoms with E-state index in [-0.39, 0.29) is 37.7 Å². The Bertz CT molecular complexity index is 53.7. The van der Waals surface area contributed by atoms with Crippen LogP contribution in [0.15, 0.2) is 0 Å². The van der Waals surface area contributed by atoms with E-state index in [1.165, 1.54) is 0 Å². The number of rotatable bonds is 0. The first kappa shape index (κ1) is 10.5. The second-order valence-electron chi connectivity index (χ2n) is 0.513. The zero-order chi connectivity index (χ0) is 4.50. The smallest absolute Gasteiger partial charge is 0 e. The standard InChI is InChI=1S/Ar.AsH3O4/c;2-1(3,4)5/h;(H3,2,3,4,5). The van der Waals surface area contributed by atoms with E-state index in [0.717, 1.165) is 0 Å². The summed E-state index contributed by atoms with van der Waals surface area (Å²) in [4.78, 5) is 0. The first-order chi connectivity index (χ1) is 2.00. The van der Waals surface area contributed by atoms with Gasteiger partial charge in [-0.05, 0) is 0 Å². The molecule has 0 aliphatic heterocycles. The summed E-state index contributed by atoms with van der Waals surface area (Å²) in [5.74, 6) is 0. The molecule has 0 spiro atoms. The molecule has 0 heterocycles. The van der Waals surface area contributed by atoms with E-state index in [4.69, 9.17) is 16.0 Å². The zero-order valence-electron chi connectivity index (χ0n) is 2.55. The van der Waals surface area contributed by atoms with Gasteiger partial charge < -0.3 is 0 Å². The van der Waals surface area contributed by atoms with Gasteiger partial charge in [-0.15, -0.1) is 0 Å². The minimum Gasteiger partial charge on any atom is 0 e. The Morgan fingerprint density at radius 3 is 1.17 bits per heavy atom. The summed E-state index contributed by atoms with van der Waals surface area (Å²) < 4.78 is 30.7. The van der Waals surface area contributed by atoms with E-state index in [2.05, 4.69) is 0 Å². The van der Waals surface area contributed by atoms with Gasteiger partial charge in [0.1, 0.15) is 0 Å². The first-order valence-electron chi connectivity index (χ1n) is 0.783. The number of hydrogen-bond acceptors (Lipinski definition) is 1. The molecule has 0 aromatic heterocycles.